The van der Waals surface area contributed by atoms with Crippen LogP contribution in [0.15, 0.2) is 53.4 Å². The van der Waals surface area contributed by atoms with Crippen LogP contribution in [0.25, 0.3) is 10.9 Å². The molecule has 1 aliphatic rings. The average Bonchev–Trinajstić information content (AvgIpc) is 2.77. The van der Waals surface area contributed by atoms with Crippen LogP contribution < -0.4 is 5.32 Å². The van der Waals surface area contributed by atoms with Gasteiger partial charge in [-0.15, -0.1) is 0 Å². The van der Waals surface area contributed by atoms with Crippen molar-refractivity contribution in [3.8, 4) is 0 Å². The zero-order chi connectivity index (χ0) is 21.8. The van der Waals surface area contributed by atoms with Crippen LogP contribution in [-0.4, -0.2) is 29.2 Å². The number of para-hydroxylation sites is 1. The zero-order valence-corrected chi connectivity index (χ0v) is 17.4. The summed E-state index contributed by atoms with van der Waals surface area (Å²) in [6, 6.07) is 13.5. The van der Waals surface area contributed by atoms with Crippen LogP contribution in [0.3, 0.4) is 0 Å². The monoisotopic (exact) mass is 442 g/mol. The Kier molecular flexibility index (Phi) is 6.46. The number of halogens is 2. The summed E-state index contributed by atoms with van der Waals surface area (Å²) in [6.45, 7) is -0.447. The predicted molar refractivity (Wildman–Crippen MR) is 116 cm³/mol. The van der Waals surface area contributed by atoms with E-state index in [9.17, 15) is 18.4 Å². The third-order valence-electron chi connectivity index (χ3n) is 5.07. The highest BCUT2D eigenvalue weighted by atomic mass is 32.2. The summed E-state index contributed by atoms with van der Waals surface area (Å²) in [4.78, 5) is 30.3. The number of pyridine rings is 1. The number of carbonyl (C=O) groups is 2. The van der Waals surface area contributed by atoms with E-state index in [1.54, 1.807) is 0 Å². The molecule has 2 aromatic carbocycles. The first kappa shape index (κ1) is 21.2. The van der Waals surface area contributed by atoms with Gasteiger partial charge >= 0.3 is 5.97 Å². The number of fused-ring (bicyclic) bond motifs is 2. The minimum Gasteiger partial charge on any atom is -0.452 e. The van der Waals surface area contributed by atoms with E-state index in [1.165, 1.54) is 24.3 Å². The predicted octanol–water partition coefficient (Wildman–Crippen LogP) is 5.22. The maximum atomic E-state index is 12.9. The number of amides is 1. The Morgan fingerprint density at radius 2 is 1.81 bits per heavy atom. The number of anilines is 1. The van der Waals surface area contributed by atoms with E-state index in [1.807, 2.05) is 24.3 Å². The summed E-state index contributed by atoms with van der Waals surface area (Å²) in [7, 11) is 0. The van der Waals surface area contributed by atoms with E-state index in [2.05, 4.69) is 5.32 Å². The molecule has 0 unspecified atom stereocenters. The lowest BCUT2D eigenvalue weighted by atomic mass is 9.90. The van der Waals surface area contributed by atoms with Crippen LogP contribution in [0.5, 0.6) is 0 Å². The van der Waals surface area contributed by atoms with E-state index < -0.39 is 24.2 Å². The van der Waals surface area contributed by atoms with Crippen LogP contribution in [0.1, 0.15) is 34.5 Å². The van der Waals surface area contributed by atoms with Gasteiger partial charge in [-0.3, -0.25) is 9.78 Å². The normalized spacial score (nSPS) is 13.1. The Balaban J connectivity index is 1.45. The Labute approximate surface area is 182 Å². The topological polar surface area (TPSA) is 68.3 Å². The molecule has 0 spiro atoms. The number of esters is 1. The number of nitrogens with zero attached hydrogens (tertiary/aromatic N) is 1. The van der Waals surface area contributed by atoms with Crippen molar-refractivity contribution in [2.24, 2.45) is 0 Å². The van der Waals surface area contributed by atoms with Crippen LogP contribution in [0.2, 0.25) is 0 Å². The van der Waals surface area contributed by atoms with Crippen molar-refractivity contribution >= 4 is 40.2 Å². The van der Waals surface area contributed by atoms with Gasteiger partial charge in [0.15, 0.2) is 6.61 Å². The standard InChI is InChI=1S/C23H20F2N2O3S/c24-23(25)31-15-11-9-14(10-12-15)26-20(28)13-30-22(29)21-16-5-1-3-7-18(16)27-19-8-4-2-6-17(19)21/h1,3,5,7,9-12,23H,2,4,6,8,13H2,(H,26,28). The molecule has 0 radical (unpaired) electrons. The second kappa shape index (κ2) is 9.43. The summed E-state index contributed by atoms with van der Waals surface area (Å²) < 4.78 is 30.1. The zero-order valence-electron chi connectivity index (χ0n) is 16.6. The molecule has 1 aromatic heterocycles. The number of ether oxygens (including phenoxy) is 1. The summed E-state index contributed by atoms with van der Waals surface area (Å²) >= 11 is 0.429. The molecule has 160 valence electrons. The molecule has 1 heterocycles. The fourth-order valence-corrected chi connectivity index (χ4v) is 4.22. The van der Waals surface area contributed by atoms with Gasteiger partial charge in [0.05, 0.1) is 11.1 Å². The van der Waals surface area contributed by atoms with Gasteiger partial charge in [-0.25, -0.2) is 4.79 Å². The molecule has 31 heavy (non-hydrogen) atoms. The maximum Gasteiger partial charge on any atom is 0.339 e. The van der Waals surface area contributed by atoms with E-state index in [-0.39, 0.29) is 0 Å². The summed E-state index contributed by atoms with van der Waals surface area (Å²) in [6.07, 6.45) is 3.59. The number of aromatic nitrogens is 1. The number of hydrogen-bond donors (Lipinski definition) is 1. The minimum atomic E-state index is -2.50. The molecule has 0 fully saturated rings. The molecule has 1 aliphatic carbocycles. The number of thioether (sulfide) groups is 1. The number of aryl methyl sites for hydroxylation is 1. The van der Waals surface area contributed by atoms with Crippen molar-refractivity contribution in [1.82, 2.24) is 4.98 Å². The van der Waals surface area contributed by atoms with Crippen LogP contribution in [0, 0.1) is 0 Å². The summed E-state index contributed by atoms with van der Waals surface area (Å²) in [5, 5.41) is 3.33. The highest BCUT2D eigenvalue weighted by Gasteiger charge is 2.24. The molecule has 0 atom stereocenters. The fourth-order valence-electron chi connectivity index (χ4n) is 3.73. The van der Waals surface area contributed by atoms with Crippen molar-refractivity contribution in [1.29, 1.82) is 0 Å². The van der Waals surface area contributed by atoms with Gasteiger partial charge < -0.3 is 10.1 Å². The lowest BCUT2D eigenvalue weighted by Gasteiger charge is -2.19. The summed E-state index contributed by atoms with van der Waals surface area (Å²) in [5.41, 5.74) is 3.49. The number of benzene rings is 2. The molecule has 0 saturated carbocycles. The number of carbonyl (C=O) groups excluding carboxylic acids is 2. The molecule has 8 heteroatoms. The third kappa shape index (κ3) is 5.02. The van der Waals surface area contributed by atoms with E-state index in [0.29, 0.717) is 27.9 Å². The molecular formula is C23H20F2N2O3S. The second-order valence-corrected chi connectivity index (χ2v) is 8.23. The average molecular weight is 442 g/mol. The van der Waals surface area contributed by atoms with Crippen molar-refractivity contribution < 1.29 is 23.1 Å². The molecule has 4 rings (SSSR count). The molecule has 0 saturated heterocycles. The Morgan fingerprint density at radius 1 is 1.06 bits per heavy atom. The van der Waals surface area contributed by atoms with Gasteiger partial charge in [0.2, 0.25) is 0 Å². The lowest BCUT2D eigenvalue weighted by Crippen LogP contribution is -2.22. The third-order valence-corrected chi connectivity index (χ3v) is 5.79. The molecule has 5 nitrogen and oxygen atoms in total. The van der Waals surface area contributed by atoms with Gasteiger partial charge in [-0.05, 0) is 61.6 Å². The van der Waals surface area contributed by atoms with Crippen LogP contribution in [-0.2, 0) is 22.4 Å². The maximum absolute atomic E-state index is 12.9. The minimum absolute atomic E-state index is 0.397. The van der Waals surface area contributed by atoms with Gasteiger partial charge in [0.25, 0.3) is 11.7 Å². The first-order valence-corrected chi connectivity index (χ1v) is 10.8. The first-order chi connectivity index (χ1) is 15.0. The van der Waals surface area contributed by atoms with E-state index in [0.717, 1.165) is 47.8 Å². The van der Waals surface area contributed by atoms with E-state index >= 15 is 0 Å². The van der Waals surface area contributed by atoms with Crippen molar-refractivity contribution in [3.63, 3.8) is 0 Å². The quantitative estimate of drug-likeness (QED) is 0.419. The largest absolute Gasteiger partial charge is 0.452 e. The van der Waals surface area contributed by atoms with Gasteiger partial charge in [-0.1, -0.05) is 30.0 Å². The Bertz CT molecular complexity index is 1120. The molecule has 1 amide bonds. The number of hydrogen-bond acceptors (Lipinski definition) is 5. The molecule has 1 N–H and O–H groups in total. The number of alkyl halides is 2. The Hall–Kier alpha value is -3.00. The highest BCUT2D eigenvalue weighted by molar-refractivity contribution is 7.99. The van der Waals surface area contributed by atoms with E-state index in [4.69, 9.17) is 9.72 Å². The lowest BCUT2D eigenvalue weighted by molar-refractivity contribution is -0.119. The van der Waals surface area contributed by atoms with Crippen molar-refractivity contribution in [3.05, 3.63) is 65.4 Å². The molecular weight excluding hydrogens is 422 g/mol. The molecule has 3 aromatic rings. The molecule has 0 bridgehead atoms. The smallest absolute Gasteiger partial charge is 0.339 e. The Morgan fingerprint density at radius 3 is 2.58 bits per heavy atom. The van der Waals surface area contributed by atoms with Gasteiger partial charge in [0, 0.05) is 21.7 Å². The highest BCUT2D eigenvalue weighted by Crippen LogP contribution is 2.30. The fraction of sp³-hybridized carbons (Fsp3) is 0.261. The number of rotatable bonds is 6. The van der Waals surface area contributed by atoms with Crippen LogP contribution >= 0.6 is 11.8 Å². The van der Waals surface area contributed by atoms with Crippen molar-refractivity contribution in [2.45, 2.75) is 36.3 Å². The SMILES string of the molecule is O=C(COC(=O)c1c2c(nc3ccccc13)CCCC2)Nc1ccc(SC(F)F)cc1. The van der Waals surface area contributed by atoms with Gasteiger partial charge in [0.1, 0.15) is 0 Å². The summed E-state index contributed by atoms with van der Waals surface area (Å²) in [5.74, 6) is -3.56. The first-order valence-electron chi connectivity index (χ1n) is 9.93. The second-order valence-electron chi connectivity index (χ2n) is 7.16. The van der Waals surface area contributed by atoms with Crippen molar-refractivity contribution in [2.75, 3.05) is 11.9 Å². The van der Waals surface area contributed by atoms with Gasteiger partial charge in [-0.2, -0.15) is 8.78 Å². The molecule has 0 aliphatic heterocycles. The number of nitrogens with one attached hydrogen (secondary N) is 1. The van der Waals surface area contributed by atoms with Crippen LogP contribution in [0.4, 0.5) is 14.5 Å².